The van der Waals surface area contributed by atoms with Crippen LogP contribution >= 0.6 is 0 Å². The number of hydrogen-bond acceptors (Lipinski definition) is 2. The molecule has 0 radical (unpaired) electrons. The van der Waals surface area contributed by atoms with Crippen molar-refractivity contribution in [1.29, 1.82) is 0 Å². The zero-order chi connectivity index (χ0) is 13.1. The van der Waals surface area contributed by atoms with Crippen LogP contribution in [0.5, 0.6) is 0 Å². The van der Waals surface area contributed by atoms with Crippen molar-refractivity contribution in [2.75, 3.05) is 0 Å². The molecule has 1 heterocycles. The van der Waals surface area contributed by atoms with Crippen LogP contribution in [0.1, 0.15) is 48.4 Å². The number of hydrogen-bond donors (Lipinski definition) is 1. The number of aryl methyl sites for hydroxylation is 2. The third-order valence-corrected chi connectivity index (χ3v) is 3.37. The van der Waals surface area contributed by atoms with Gasteiger partial charge in [-0.15, -0.1) is 0 Å². The van der Waals surface area contributed by atoms with Crippen LogP contribution in [-0.2, 0) is 0 Å². The number of furan rings is 1. The van der Waals surface area contributed by atoms with Crippen molar-refractivity contribution in [3.63, 3.8) is 0 Å². The van der Waals surface area contributed by atoms with Gasteiger partial charge in [0.2, 0.25) is 0 Å². The smallest absolute Gasteiger partial charge is 0.120 e. The molecule has 0 aliphatic heterocycles. The lowest BCUT2D eigenvalue weighted by Gasteiger charge is -2.21. The highest BCUT2D eigenvalue weighted by Gasteiger charge is 2.14. The molecule has 0 saturated carbocycles. The van der Waals surface area contributed by atoms with Crippen molar-refractivity contribution in [3.05, 3.63) is 59.0 Å². The highest BCUT2D eigenvalue weighted by atomic mass is 16.3. The Kier molecular flexibility index (Phi) is 3.87. The fourth-order valence-electron chi connectivity index (χ4n) is 2.31. The summed E-state index contributed by atoms with van der Waals surface area (Å²) in [5.74, 6) is 0.979. The van der Waals surface area contributed by atoms with Gasteiger partial charge in [0, 0.05) is 6.04 Å². The number of nitrogens with one attached hydrogen (secondary N) is 1. The Morgan fingerprint density at radius 1 is 1.06 bits per heavy atom. The van der Waals surface area contributed by atoms with Crippen molar-refractivity contribution in [1.82, 2.24) is 5.32 Å². The van der Waals surface area contributed by atoms with Gasteiger partial charge in [-0.2, -0.15) is 0 Å². The summed E-state index contributed by atoms with van der Waals surface area (Å²) in [6.45, 7) is 8.61. The topological polar surface area (TPSA) is 25.2 Å². The van der Waals surface area contributed by atoms with Gasteiger partial charge in [-0.1, -0.05) is 23.8 Å². The van der Waals surface area contributed by atoms with Gasteiger partial charge in [0.05, 0.1) is 12.3 Å². The molecule has 1 aromatic heterocycles. The van der Waals surface area contributed by atoms with Gasteiger partial charge in [0.15, 0.2) is 0 Å². The van der Waals surface area contributed by atoms with Gasteiger partial charge in [-0.3, -0.25) is 0 Å². The maximum absolute atomic E-state index is 5.42. The first-order chi connectivity index (χ1) is 8.58. The van der Waals surface area contributed by atoms with Crippen molar-refractivity contribution in [3.8, 4) is 0 Å². The minimum atomic E-state index is 0.218. The molecule has 0 aliphatic rings. The maximum atomic E-state index is 5.42. The van der Waals surface area contributed by atoms with E-state index < -0.39 is 0 Å². The minimum absolute atomic E-state index is 0.218. The Labute approximate surface area is 109 Å². The molecular formula is C16H21NO. The van der Waals surface area contributed by atoms with E-state index in [9.17, 15) is 0 Å². The Bertz CT molecular complexity index is 502. The minimum Gasteiger partial charge on any atom is -0.468 e. The van der Waals surface area contributed by atoms with E-state index >= 15 is 0 Å². The quantitative estimate of drug-likeness (QED) is 0.865. The Balaban J connectivity index is 2.12. The third-order valence-electron chi connectivity index (χ3n) is 3.37. The molecule has 18 heavy (non-hydrogen) atoms. The summed E-state index contributed by atoms with van der Waals surface area (Å²) in [5.41, 5.74) is 3.98. The van der Waals surface area contributed by atoms with Crippen LogP contribution in [0.2, 0.25) is 0 Å². The van der Waals surface area contributed by atoms with E-state index in [0.717, 1.165) is 5.76 Å². The average molecular weight is 243 g/mol. The Hall–Kier alpha value is -1.54. The Morgan fingerprint density at radius 2 is 1.83 bits per heavy atom. The van der Waals surface area contributed by atoms with E-state index in [1.165, 1.54) is 16.7 Å². The zero-order valence-electron chi connectivity index (χ0n) is 11.5. The van der Waals surface area contributed by atoms with E-state index in [-0.39, 0.29) is 6.04 Å². The van der Waals surface area contributed by atoms with Crippen LogP contribution in [-0.4, -0.2) is 0 Å². The first kappa shape index (κ1) is 12.9. The molecule has 0 amide bonds. The first-order valence-electron chi connectivity index (χ1n) is 6.44. The molecule has 1 unspecified atom stereocenters. The summed E-state index contributed by atoms with van der Waals surface area (Å²) in [6, 6.07) is 11.0. The van der Waals surface area contributed by atoms with E-state index in [0.29, 0.717) is 6.04 Å². The molecule has 1 aromatic carbocycles. The van der Waals surface area contributed by atoms with Gasteiger partial charge >= 0.3 is 0 Å². The number of rotatable bonds is 4. The van der Waals surface area contributed by atoms with Gasteiger partial charge in [-0.05, 0) is 51.0 Å². The predicted octanol–water partition coefficient (Wildman–Crippen LogP) is 4.31. The SMILES string of the molecule is Cc1ccc(C)c(C(C)N[C@H](C)c2ccco2)c1. The third kappa shape index (κ3) is 2.82. The van der Waals surface area contributed by atoms with Crippen LogP contribution in [0.3, 0.4) is 0 Å². The van der Waals surface area contributed by atoms with E-state index in [2.05, 4.69) is 51.2 Å². The molecule has 2 atom stereocenters. The molecule has 2 nitrogen and oxygen atoms in total. The molecule has 2 rings (SSSR count). The lowest BCUT2D eigenvalue weighted by atomic mass is 9.99. The van der Waals surface area contributed by atoms with Crippen LogP contribution in [0.4, 0.5) is 0 Å². The summed E-state index contributed by atoms with van der Waals surface area (Å²) in [6.07, 6.45) is 1.72. The largest absolute Gasteiger partial charge is 0.468 e. The molecule has 2 aromatic rings. The second kappa shape index (κ2) is 5.40. The molecule has 96 valence electrons. The second-order valence-corrected chi connectivity index (χ2v) is 4.99. The second-order valence-electron chi connectivity index (χ2n) is 4.99. The van der Waals surface area contributed by atoms with Crippen LogP contribution in [0.25, 0.3) is 0 Å². The average Bonchev–Trinajstić information content (AvgIpc) is 2.85. The molecule has 0 bridgehead atoms. The monoisotopic (exact) mass is 243 g/mol. The lowest BCUT2D eigenvalue weighted by molar-refractivity contribution is 0.402. The van der Waals surface area contributed by atoms with Crippen molar-refractivity contribution >= 4 is 0 Å². The van der Waals surface area contributed by atoms with Gasteiger partial charge in [-0.25, -0.2) is 0 Å². The summed E-state index contributed by atoms with van der Waals surface area (Å²) < 4.78 is 5.42. The highest BCUT2D eigenvalue weighted by molar-refractivity contribution is 5.32. The highest BCUT2D eigenvalue weighted by Crippen LogP contribution is 2.22. The fraction of sp³-hybridized carbons (Fsp3) is 0.375. The van der Waals surface area contributed by atoms with E-state index in [1.54, 1.807) is 6.26 Å². The molecule has 0 spiro atoms. The summed E-state index contributed by atoms with van der Waals surface area (Å²) in [4.78, 5) is 0. The first-order valence-corrected chi connectivity index (χ1v) is 6.44. The molecular weight excluding hydrogens is 222 g/mol. The van der Waals surface area contributed by atoms with E-state index in [1.807, 2.05) is 12.1 Å². The normalized spacial score (nSPS) is 14.4. The molecule has 2 heteroatoms. The van der Waals surface area contributed by atoms with Crippen LogP contribution < -0.4 is 5.32 Å². The number of benzene rings is 1. The van der Waals surface area contributed by atoms with Gasteiger partial charge in [0.1, 0.15) is 5.76 Å². The van der Waals surface area contributed by atoms with Crippen LogP contribution in [0, 0.1) is 13.8 Å². The standard InChI is InChI=1S/C16H21NO/c1-11-7-8-12(2)15(10-11)13(3)17-14(4)16-6-5-9-18-16/h5-10,13-14,17H,1-4H3/t13?,14-/m1/s1. The summed E-state index contributed by atoms with van der Waals surface area (Å²) in [5, 5.41) is 3.57. The van der Waals surface area contributed by atoms with Gasteiger partial charge in [0.25, 0.3) is 0 Å². The van der Waals surface area contributed by atoms with Crippen molar-refractivity contribution in [2.24, 2.45) is 0 Å². The Morgan fingerprint density at radius 3 is 2.50 bits per heavy atom. The summed E-state index contributed by atoms with van der Waals surface area (Å²) >= 11 is 0. The molecule has 0 fully saturated rings. The molecule has 0 aliphatic carbocycles. The fourth-order valence-corrected chi connectivity index (χ4v) is 2.31. The molecule has 1 N–H and O–H groups in total. The lowest BCUT2D eigenvalue weighted by Crippen LogP contribution is -2.22. The summed E-state index contributed by atoms with van der Waals surface area (Å²) in [7, 11) is 0. The maximum Gasteiger partial charge on any atom is 0.120 e. The molecule has 0 saturated heterocycles. The van der Waals surface area contributed by atoms with E-state index in [4.69, 9.17) is 4.42 Å². The van der Waals surface area contributed by atoms with Crippen LogP contribution in [0.15, 0.2) is 41.0 Å². The zero-order valence-corrected chi connectivity index (χ0v) is 11.5. The van der Waals surface area contributed by atoms with Crippen molar-refractivity contribution < 1.29 is 4.42 Å². The van der Waals surface area contributed by atoms with Crippen molar-refractivity contribution in [2.45, 2.75) is 39.8 Å². The predicted molar refractivity (Wildman–Crippen MR) is 74.6 cm³/mol. The van der Waals surface area contributed by atoms with Gasteiger partial charge < -0.3 is 9.73 Å².